The van der Waals surface area contributed by atoms with E-state index in [9.17, 15) is 5.11 Å². The normalized spacial score (nSPS) is 20.7. The van der Waals surface area contributed by atoms with Crippen LogP contribution in [0.2, 0.25) is 0 Å². The highest BCUT2D eigenvalue weighted by molar-refractivity contribution is 5.25. The summed E-state index contributed by atoms with van der Waals surface area (Å²) in [6, 6.07) is 0.337. The van der Waals surface area contributed by atoms with Crippen LogP contribution in [0.15, 0.2) is 4.52 Å². The van der Waals surface area contributed by atoms with E-state index in [-0.39, 0.29) is 6.10 Å². The van der Waals surface area contributed by atoms with Gasteiger partial charge in [-0.2, -0.15) is 0 Å². The van der Waals surface area contributed by atoms with Gasteiger partial charge in [0.2, 0.25) is 0 Å². The first-order valence-corrected chi connectivity index (χ1v) is 6.50. The van der Waals surface area contributed by atoms with Gasteiger partial charge >= 0.3 is 0 Å². The summed E-state index contributed by atoms with van der Waals surface area (Å²) in [4.78, 5) is 2.41. The van der Waals surface area contributed by atoms with Crippen LogP contribution < -0.4 is 0 Å². The Balaban J connectivity index is 2.13. The predicted octanol–water partition coefficient (Wildman–Crippen LogP) is 2.06. The van der Waals surface area contributed by atoms with Gasteiger partial charge < -0.3 is 9.63 Å². The van der Waals surface area contributed by atoms with Crippen molar-refractivity contribution in [3.63, 3.8) is 0 Å². The third kappa shape index (κ3) is 2.53. The lowest BCUT2D eigenvalue weighted by molar-refractivity contribution is 0.0641. The molecule has 1 N–H and O–H groups in total. The second kappa shape index (κ2) is 5.19. The number of hydrogen-bond donors (Lipinski definition) is 1. The molecular formula is C13H22N2O2. The third-order valence-corrected chi connectivity index (χ3v) is 3.78. The Hall–Kier alpha value is -0.870. The van der Waals surface area contributed by atoms with E-state index >= 15 is 0 Å². The van der Waals surface area contributed by atoms with Crippen LogP contribution in [0.25, 0.3) is 0 Å². The van der Waals surface area contributed by atoms with Gasteiger partial charge in [0.1, 0.15) is 5.76 Å². The van der Waals surface area contributed by atoms with Gasteiger partial charge in [0, 0.05) is 24.7 Å². The fraction of sp³-hybridized carbons (Fsp3) is 0.769. The summed E-state index contributed by atoms with van der Waals surface area (Å²) >= 11 is 0. The first-order valence-electron chi connectivity index (χ1n) is 6.50. The van der Waals surface area contributed by atoms with Crippen molar-refractivity contribution in [3.05, 3.63) is 17.0 Å². The molecule has 1 aromatic rings. The Bertz CT molecular complexity index is 367. The molecule has 0 radical (unpaired) electrons. The minimum Gasteiger partial charge on any atom is -0.393 e. The minimum atomic E-state index is -0.118. The Morgan fingerprint density at radius 2 is 2.12 bits per heavy atom. The monoisotopic (exact) mass is 238 g/mol. The maximum atomic E-state index is 9.54. The molecule has 96 valence electrons. The molecule has 1 aromatic heterocycles. The van der Waals surface area contributed by atoms with Gasteiger partial charge in [0.25, 0.3) is 0 Å². The van der Waals surface area contributed by atoms with Gasteiger partial charge in [0.15, 0.2) is 0 Å². The molecule has 4 heteroatoms. The number of aliphatic hydroxyl groups excluding tert-OH is 1. The number of hydrogen-bond acceptors (Lipinski definition) is 4. The van der Waals surface area contributed by atoms with Gasteiger partial charge in [-0.25, -0.2) is 0 Å². The minimum absolute atomic E-state index is 0.118. The molecule has 4 nitrogen and oxygen atoms in total. The number of piperidine rings is 1. The van der Waals surface area contributed by atoms with Crippen LogP contribution in [-0.2, 0) is 6.42 Å². The zero-order chi connectivity index (χ0) is 12.4. The molecule has 1 aliphatic rings. The van der Waals surface area contributed by atoms with Crippen molar-refractivity contribution >= 4 is 0 Å². The summed E-state index contributed by atoms with van der Waals surface area (Å²) in [5.74, 6) is 0.931. The Morgan fingerprint density at radius 3 is 2.71 bits per heavy atom. The Labute approximate surface area is 103 Å². The lowest BCUT2D eigenvalue weighted by Gasteiger charge is -2.34. The number of aliphatic hydroxyl groups is 1. The first kappa shape index (κ1) is 12.6. The van der Waals surface area contributed by atoms with Crippen LogP contribution >= 0.6 is 0 Å². The summed E-state index contributed by atoms with van der Waals surface area (Å²) in [6.07, 6.45) is 2.53. The molecular weight excluding hydrogens is 216 g/mol. The van der Waals surface area contributed by atoms with Crippen LogP contribution in [0, 0.1) is 6.92 Å². The van der Waals surface area contributed by atoms with E-state index in [2.05, 4.69) is 23.9 Å². The Kier molecular flexibility index (Phi) is 3.84. The maximum Gasteiger partial charge on any atom is 0.138 e. The number of likely N-dealkylation sites (tertiary alicyclic amines) is 1. The summed E-state index contributed by atoms with van der Waals surface area (Å²) in [5, 5.41) is 13.7. The molecule has 1 atom stereocenters. The molecule has 1 aliphatic heterocycles. The molecule has 17 heavy (non-hydrogen) atoms. The molecule has 0 spiro atoms. The average molecular weight is 238 g/mol. The number of aryl methyl sites for hydroxylation is 2. The van der Waals surface area contributed by atoms with Crippen molar-refractivity contribution in [1.29, 1.82) is 0 Å². The van der Waals surface area contributed by atoms with Crippen molar-refractivity contribution < 1.29 is 9.63 Å². The maximum absolute atomic E-state index is 9.54. The molecule has 1 saturated heterocycles. The van der Waals surface area contributed by atoms with E-state index in [0.29, 0.717) is 6.04 Å². The smallest absolute Gasteiger partial charge is 0.138 e. The van der Waals surface area contributed by atoms with Crippen molar-refractivity contribution in [2.75, 3.05) is 13.1 Å². The van der Waals surface area contributed by atoms with E-state index in [1.807, 2.05) is 6.92 Å². The van der Waals surface area contributed by atoms with Gasteiger partial charge in [-0.05, 0) is 33.1 Å². The fourth-order valence-electron chi connectivity index (χ4n) is 2.67. The van der Waals surface area contributed by atoms with Gasteiger partial charge in [0.05, 0.1) is 11.8 Å². The molecule has 0 unspecified atom stereocenters. The molecule has 0 bridgehead atoms. The zero-order valence-electron chi connectivity index (χ0n) is 10.9. The molecule has 2 heterocycles. The molecule has 0 aliphatic carbocycles. The number of rotatable bonds is 3. The summed E-state index contributed by atoms with van der Waals surface area (Å²) in [5.41, 5.74) is 2.31. The molecule has 0 saturated carbocycles. The lowest BCUT2D eigenvalue weighted by Crippen LogP contribution is -2.37. The van der Waals surface area contributed by atoms with E-state index in [1.54, 1.807) is 0 Å². The number of aromatic nitrogens is 1. The molecule has 0 aromatic carbocycles. The second-order valence-corrected chi connectivity index (χ2v) is 4.90. The molecule has 2 rings (SSSR count). The van der Waals surface area contributed by atoms with Crippen LogP contribution in [0.4, 0.5) is 0 Å². The Morgan fingerprint density at radius 1 is 1.47 bits per heavy atom. The predicted molar refractivity (Wildman–Crippen MR) is 65.8 cm³/mol. The second-order valence-electron chi connectivity index (χ2n) is 4.90. The highest BCUT2D eigenvalue weighted by Gasteiger charge is 2.26. The number of nitrogens with zero attached hydrogens (tertiary/aromatic N) is 2. The highest BCUT2D eigenvalue weighted by atomic mass is 16.5. The largest absolute Gasteiger partial charge is 0.393 e. The van der Waals surface area contributed by atoms with Crippen molar-refractivity contribution in [2.24, 2.45) is 0 Å². The van der Waals surface area contributed by atoms with Crippen LogP contribution in [0.3, 0.4) is 0 Å². The van der Waals surface area contributed by atoms with Crippen LogP contribution in [0.1, 0.15) is 49.7 Å². The summed E-state index contributed by atoms with van der Waals surface area (Å²) < 4.78 is 5.29. The quantitative estimate of drug-likeness (QED) is 0.875. The van der Waals surface area contributed by atoms with E-state index < -0.39 is 0 Å². The standard InChI is InChI=1S/C13H22N2O2/c1-4-12-13(10(3)17-14-12)9(2)15-7-5-11(16)6-8-15/h9,11,16H,4-8H2,1-3H3/t9-/m0/s1. The molecule has 0 amide bonds. The molecule has 1 fully saturated rings. The topological polar surface area (TPSA) is 49.5 Å². The van der Waals surface area contributed by atoms with Crippen molar-refractivity contribution in [3.8, 4) is 0 Å². The summed E-state index contributed by atoms with van der Waals surface area (Å²) in [7, 11) is 0. The van der Waals surface area contributed by atoms with E-state index in [0.717, 1.165) is 43.8 Å². The fourth-order valence-corrected chi connectivity index (χ4v) is 2.67. The third-order valence-electron chi connectivity index (χ3n) is 3.78. The average Bonchev–Trinajstić information content (AvgIpc) is 2.70. The first-order chi connectivity index (χ1) is 8.13. The SMILES string of the molecule is CCc1noc(C)c1[C@H](C)N1CCC(O)CC1. The van der Waals surface area contributed by atoms with E-state index in [4.69, 9.17) is 4.52 Å². The van der Waals surface area contributed by atoms with Crippen LogP contribution in [-0.4, -0.2) is 34.4 Å². The summed E-state index contributed by atoms with van der Waals surface area (Å²) in [6.45, 7) is 8.20. The van der Waals surface area contributed by atoms with Crippen LogP contribution in [0.5, 0.6) is 0 Å². The lowest BCUT2D eigenvalue weighted by atomic mass is 9.99. The van der Waals surface area contributed by atoms with E-state index in [1.165, 1.54) is 5.56 Å². The highest BCUT2D eigenvalue weighted by Crippen LogP contribution is 2.29. The van der Waals surface area contributed by atoms with Gasteiger partial charge in [-0.1, -0.05) is 12.1 Å². The zero-order valence-corrected chi connectivity index (χ0v) is 10.9. The van der Waals surface area contributed by atoms with Crippen molar-refractivity contribution in [2.45, 2.75) is 52.2 Å². The van der Waals surface area contributed by atoms with Gasteiger partial charge in [-0.15, -0.1) is 0 Å². The van der Waals surface area contributed by atoms with Crippen molar-refractivity contribution in [1.82, 2.24) is 10.1 Å². The van der Waals surface area contributed by atoms with Gasteiger partial charge in [-0.3, -0.25) is 4.90 Å².